The van der Waals surface area contributed by atoms with Gasteiger partial charge in [-0.15, -0.1) is 0 Å². The van der Waals surface area contributed by atoms with Crippen molar-refractivity contribution in [3.8, 4) is 5.75 Å². The van der Waals surface area contributed by atoms with Gasteiger partial charge in [0.05, 0.1) is 12.7 Å². The van der Waals surface area contributed by atoms with Gasteiger partial charge in [-0.3, -0.25) is 14.4 Å². The summed E-state index contributed by atoms with van der Waals surface area (Å²) in [6.45, 7) is 1.27. The first-order valence-electron chi connectivity index (χ1n) is 11.0. The van der Waals surface area contributed by atoms with E-state index in [0.717, 1.165) is 37.7 Å². The Labute approximate surface area is 183 Å². The summed E-state index contributed by atoms with van der Waals surface area (Å²) < 4.78 is 5.64. The van der Waals surface area contributed by atoms with Crippen molar-refractivity contribution in [2.75, 3.05) is 7.11 Å². The summed E-state index contributed by atoms with van der Waals surface area (Å²) in [4.78, 5) is 37.5. The van der Waals surface area contributed by atoms with E-state index in [1.165, 1.54) is 19.6 Å². The number of hydrogen-bond donors (Lipinski definition) is 0. The molecule has 2 aliphatic carbocycles. The molecule has 31 heavy (non-hydrogen) atoms. The van der Waals surface area contributed by atoms with Crippen LogP contribution in [0.2, 0.25) is 0 Å². The molecule has 1 fully saturated rings. The molecule has 4 rings (SSSR count). The number of benzene rings is 2. The average molecular weight is 417 g/mol. The molecule has 0 saturated heterocycles. The van der Waals surface area contributed by atoms with E-state index < -0.39 is 11.6 Å². The minimum Gasteiger partial charge on any atom is -0.495 e. The van der Waals surface area contributed by atoms with E-state index in [-0.39, 0.29) is 11.7 Å². The van der Waals surface area contributed by atoms with Crippen molar-refractivity contribution in [2.24, 2.45) is 11.8 Å². The second-order valence-corrected chi connectivity index (χ2v) is 8.66. The summed E-state index contributed by atoms with van der Waals surface area (Å²) in [5.41, 5.74) is 3.78. The highest BCUT2D eigenvalue weighted by Crippen LogP contribution is 2.41. The van der Waals surface area contributed by atoms with Crippen molar-refractivity contribution in [3.05, 3.63) is 70.8 Å². The number of rotatable bonds is 7. The van der Waals surface area contributed by atoms with Gasteiger partial charge in [0, 0.05) is 24.0 Å². The molecule has 2 aromatic rings. The van der Waals surface area contributed by atoms with Gasteiger partial charge in [0.2, 0.25) is 5.78 Å². The molecule has 160 valence electrons. The van der Waals surface area contributed by atoms with E-state index in [9.17, 15) is 14.4 Å². The molecular weight excluding hydrogens is 388 g/mol. The van der Waals surface area contributed by atoms with Gasteiger partial charge in [0.15, 0.2) is 11.6 Å². The van der Waals surface area contributed by atoms with Crippen molar-refractivity contribution in [1.82, 2.24) is 0 Å². The highest BCUT2D eigenvalue weighted by molar-refractivity contribution is 6.54. The predicted octanol–water partition coefficient (Wildman–Crippen LogP) is 5.02. The fourth-order valence-corrected chi connectivity index (χ4v) is 5.00. The predicted molar refractivity (Wildman–Crippen MR) is 120 cm³/mol. The molecule has 0 spiro atoms. The lowest BCUT2D eigenvalue weighted by Crippen LogP contribution is -2.24. The van der Waals surface area contributed by atoms with Crippen molar-refractivity contribution in [1.29, 1.82) is 0 Å². The third-order valence-electron chi connectivity index (χ3n) is 6.66. The van der Waals surface area contributed by atoms with Gasteiger partial charge in [0.1, 0.15) is 5.75 Å². The molecule has 0 aliphatic heterocycles. The molecule has 2 aliphatic rings. The van der Waals surface area contributed by atoms with Crippen LogP contribution in [0.3, 0.4) is 0 Å². The summed E-state index contributed by atoms with van der Waals surface area (Å²) in [6.07, 6.45) is 7.20. The van der Waals surface area contributed by atoms with E-state index in [1.807, 2.05) is 18.2 Å². The molecule has 2 aromatic carbocycles. The van der Waals surface area contributed by atoms with Crippen LogP contribution in [-0.2, 0) is 22.4 Å². The summed E-state index contributed by atoms with van der Waals surface area (Å²) in [6, 6.07) is 14.2. The topological polar surface area (TPSA) is 60.4 Å². The molecule has 0 bridgehead atoms. The SMILES string of the molecule is COc1c(C(=O)C2CCC(Cc3ccccc3)CC2)ccc2c1C(C(=O)C(C)=O)=CC2. The summed E-state index contributed by atoms with van der Waals surface area (Å²) in [5.74, 6) is 0.0664. The van der Waals surface area contributed by atoms with E-state index >= 15 is 0 Å². The molecule has 0 heterocycles. The van der Waals surface area contributed by atoms with E-state index in [1.54, 1.807) is 6.08 Å². The van der Waals surface area contributed by atoms with Gasteiger partial charge in [-0.05, 0) is 61.6 Å². The number of hydrogen-bond acceptors (Lipinski definition) is 4. The lowest BCUT2D eigenvalue weighted by Gasteiger charge is -2.28. The maximum Gasteiger partial charge on any atom is 0.228 e. The fourth-order valence-electron chi connectivity index (χ4n) is 5.00. The van der Waals surface area contributed by atoms with Crippen molar-refractivity contribution >= 4 is 22.9 Å². The summed E-state index contributed by atoms with van der Waals surface area (Å²) >= 11 is 0. The highest BCUT2D eigenvalue weighted by Gasteiger charge is 2.33. The van der Waals surface area contributed by atoms with Crippen LogP contribution in [0, 0.1) is 11.8 Å². The normalized spacial score (nSPS) is 20.0. The maximum atomic E-state index is 13.4. The van der Waals surface area contributed by atoms with Crippen LogP contribution < -0.4 is 4.74 Å². The number of carbonyl (C=O) groups excluding carboxylic acids is 3. The molecule has 4 nitrogen and oxygen atoms in total. The first kappa shape index (κ1) is 21.2. The van der Waals surface area contributed by atoms with Crippen LogP contribution in [0.15, 0.2) is 48.5 Å². The van der Waals surface area contributed by atoms with Gasteiger partial charge < -0.3 is 4.74 Å². The highest BCUT2D eigenvalue weighted by atomic mass is 16.5. The molecule has 0 aromatic heterocycles. The van der Waals surface area contributed by atoms with Gasteiger partial charge in [-0.1, -0.05) is 42.5 Å². The molecule has 0 N–H and O–H groups in total. The van der Waals surface area contributed by atoms with Crippen LogP contribution in [0.4, 0.5) is 0 Å². The lowest BCUT2D eigenvalue weighted by molar-refractivity contribution is -0.131. The zero-order valence-electron chi connectivity index (χ0n) is 18.1. The molecule has 0 radical (unpaired) electrons. The first-order chi connectivity index (χ1) is 15.0. The molecule has 4 heteroatoms. The Balaban J connectivity index is 1.51. The third-order valence-corrected chi connectivity index (χ3v) is 6.66. The Bertz CT molecular complexity index is 1040. The zero-order valence-corrected chi connectivity index (χ0v) is 18.1. The fraction of sp³-hybridized carbons (Fsp3) is 0.370. The Morgan fingerprint density at radius 1 is 0.968 bits per heavy atom. The Hall–Kier alpha value is -3.01. The van der Waals surface area contributed by atoms with Gasteiger partial charge >= 0.3 is 0 Å². The summed E-state index contributed by atoms with van der Waals surface area (Å²) in [7, 11) is 1.53. The second kappa shape index (κ2) is 9.01. The molecule has 0 unspecified atom stereocenters. The average Bonchev–Trinajstić information content (AvgIpc) is 3.22. The smallest absolute Gasteiger partial charge is 0.228 e. The van der Waals surface area contributed by atoms with Crippen LogP contribution in [0.1, 0.15) is 59.7 Å². The van der Waals surface area contributed by atoms with Gasteiger partial charge in [-0.2, -0.15) is 0 Å². The minimum absolute atomic E-state index is 0.0312. The molecular formula is C27H28O4. The van der Waals surface area contributed by atoms with Crippen molar-refractivity contribution < 1.29 is 19.1 Å². The van der Waals surface area contributed by atoms with Crippen LogP contribution in [0.25, 0.3) is 5.57 Å². The lowest BCUT2D eigenvalue weighted by atomic mass is 9.76. The second-order valence-electron chi connectivity index (χ2n) is 8.66. The van der Waals surface area contributed by atoms with Crippen molar-refractivity contribution in [3.63, 3.8) is 0 Å². The number of Topliss-reactive ketones (excluding diaryl/α,β-unsaturated/α-hetero) is 3. The molecule has 0 atom stereocenters. The Kier molecular flexibility index (Phi) is 6.17. The number of carbonyl (C=O) groups is 3. The number of allylic oxidation sites excluding steroid dienone is 2. The Morgan fingerprint density at radius 3 is 2.32 bits per heavy atom. The van der Waals surface area contributed by atoms with Crippen LogP contribution in [0.5, 0.6) is 5.75 Å². The molecule has 0 amide bonds. The Morgan fingerprint density at radius 2 is 1.68 bits per heavy atom. The van der Waals surface area contributed by atoms with Gasteiger partial charge in [0.25, 0.3) is 0 Å². The zero-order chi connectivity index (χ0) is 22.0. The standard InChI is InChI=1S/C27H28O4/c1-17(28)25(29)22-14-12-20-13-15-23(27(31-2)24(20)22)26(30)21-10-8-19(9-11-21)16-18-6-4-3-5-7-18/h3-7,13-15,19,21H,8-12,16H2,1-2H3. The maximum absolute atomic E-state index is 13.4. The number of ketones is 3. The van der Waals surface area contributed by atoms with E-state index in [0.29, 0.717) is 34.8 Å². The number of fused-ring (bicyclic) bond motifs is 1. The van der Waals surface area contributed by atoms with Crippen molar-refractivity contribution in [2.45, 2.75) is 45.4 Å². The van der Waals surface area contributed by atoms with Gasteiger partial charge in [-0.25, -0.2) is 0 Å². The first-order valence-corrected chi connectivity index (χ1v) is 11.0. The number of ether oxygens (including phenoxy) is 1. The number of methoxy groups -OCH3 is 1. The van der Waals surface area contributed by atoms with E-state index in [4.69, 9.17) is 4.74 Å². The minimum atomic E-state index is -0.525. The van der Waals surface area contributed by atoms with Crippen LogP contribution in [-0.4, -0.2) is 24.5 Å². The van der Waals surface area contributed by atoms with E-state index in [2.05, 4.69) is 24.3 Å². The third kappa shape index (κ3) is 4.25. The van der Waals surface area contributed by atoms with Crippen LogP contribution >= 0.6 is 0 Å². The summed E-state index contributed by atoms with van der Waals surface area (Å²) in [5, 5.41) is 0. The largest absolute Gasteiger partial charge is 0.495 e. The monoisotopic (exact) mass is 416 g/mol. The quantitative estimate of drug-likeness (QED) is 0.469. The molecule has 1 saturated carbocycles.